The monoisotopic (exact) mass is 324 g/mol. The predicted molar refractivity (Wildman–Crippen MR) is 74.7 cm³/mol. The van der Waals surface area contributed by atoms with Crippen LogP contribution in [-0.4, -0.2) is 25.7 Å². The number of hydrogen-bond donors (Lipinski definition) is 2. The molecule has 2 aromatic rings. The molecule has 19 heavy (non-hydrogen) atoms. The second kappa shape index (κ2) is 5.35. The van der Waals surface area contributed by atoms with Crippen molar-refractivity contribution in [3.8, 4) is 0 Å². The third-order valence-electron chi connectivity index (χ3n) is 2.57. The van der Waals surface area contributed by atoms with Crippen molar-refractivity contribution in [2.24, 2.45) is 7.05 Å². The molecule has 7 nitrogen and oxygen atoms in total. The first kappa shape index (κ1) is 13.5. The lowest BCUT2D eigenvalue weighted by Gasteiger charge is -2.05. The van der Waals surface area contributed by atoms with E-state index in [1.54, 1.807) is 7.05 Å². The summed E-state index contributed by atoms with van der Waals surface area (Å²) in [5, 5.41) is 6.82. The van der Waals surface area contributed by atoms with Crippen molar-refractivity contribution in [1.29, 1.82) is 0 Å². The summed E-state index contributed by atoms with van der Waals surface area (Å²) in [5.41, 5.74) is 7.33. The Labute approximate surface area is 118 Å². The highest BCUT2D eigenvalue weighted by atomic mass is 79.9. The predicted octanol–water partition coefficient (Wildman–Crippen LogP) is 1.37. The van der Waals surface area contributed by atoms with Crippen molar-refractivity contribution in [2.75, 3.05) is 11.1 Å². The summed E-state index contributed by atoms with van der Waals surface area (Å²) in [6.45, 7) is 1.93. The zero-order valence-corrected chi connectivity index (χ0v) is 12.1. The van der Waals surface area contributed by atoms with Gasteiger partial charge in [0.1, 0.15) is 10.3 Å². The van der Waals surface area contributed by atoms with Gasteiger partial charge in [0, 0.05) is 7.05 Å². The zero-order valence-electron chi connectivity index (χ0n) is 10.5. The van der Waals surface area contributed by atoms with Crippen LogP contribution in [0.15, 0.2) is 17.0 Å². The van der Waals surface area contributed by atoms with Crippen LogP contribution < -0.4 is 11.1 Å². The average molecular weight is 325 g/mol. The molecule has 1 amide bonds. The number of halogens is 1. The highest BCUT2D eigenvalue weighted by Gasteiger charge is 2.19. The fourth-order valence-corrected chi connectivity index (χ4v) is 1.88. The van der Waals surface area contributed by atoms with Crippen molar-refractivity contribution >= 4 is 33.3 Å². The summed E-state index contributed by atoms with van der Waals surface area (Å²) in [4.78, 5) is 20.1. The van der Waals surface area contributed by atoms with Gasteiger partial charge in [-0.1, -0.05) is 6.92 Å². The van der Waals surface area contributed by atoms with Crippen molar-refractivity contribution in [3.05, 3.63) is 28.4 Å². The summed E-state index contributed by atoms with van der Waals surface area (Å²) in [7, 11) is 1.68. The lowest BCUT2D eigenvalue weighted by molar-refractivity contribution is 0.101. The van der Waals surface area contributed by atoms with Crippen LogP contribution in [0.4, 0.5) is 11.5 Å². The Bertz CT molecular complexity index is 606. The molecule has 0 aliphatic rings. The van der Waals surface area contributed by atoms with Crippen LogP contribution in [0, 0.1) is 0 Å². The van der Waals surface area contributed by atoms with Crippen LogP contribution in [0.2, 0.25) is 0 Å². The number of amides is 1. The molecule has 8 heteroatoms. The molecule has 100 valence electrons. The highest BCUT2D eigenvalue weighted by Crippen LogP contribution is 2.18. The minimum Gasteiger partial charge on any atom is -0.395 e. The number of nitrogens with zero attached hydrogens (tertiary/aromatic N) is 4. The molecule has 0 saturated carbocycles. The zero-order chi connectivity index (χ0) is 14.0. The highest BCUT2D eigenvalue weighted by molar-refractivity contribution is 9.10. The topological polar surface area (TPSA) is 98.7 Å². The molecule has 0 unspecified atom stereocenters. The SMILES string of the molecule is CCc1nn(C)c(C(=O)Nc2cnc(Br)cn2)c1N. The van der Waals surface area contributed by atoms with Crippen LogP contribution >= 0.6 is 15.9 Å². The van der Waals surface area contributed by atoms with Gasteiger partial charge in [0.15, 0.2) is 5.82 Å². The lowest BCUT2D eigenvalue weighted by Crippen LogP contribution is -2.18. The molecule has 0 saturated heterocycles. The van der Waals surface area contributed by atoms with Crippen LogP contribution in [0.5, 0.6) is 0 Å². The Morgan fingerprint density at radius 3 is 2.74 bits per heavy atom. The van der Waals surface area contributed by atoms with E-state index < -0.39 is 0 Å². The Morgan fingerprint density at radius 2 is 2.21 bits per heavy atom. The van der Waals surface area contributed by atoms with E-state index in [1.165, 1.54) is 17.1 Å². The van der Waals surface area contributed by atoms with Gasteiger partial charge in [-0.3, -0.25) is 9.48 Å². The molecular weight excluding hydrogens is 312 g/mol. The summed E-state index contributed by atoms with van der Waals surface area (Å²) >= 11 is 3.17. The maximum atomic E-state index is 12.1. The number of nitrogens with two attached hydrogens (primary N) is 1. The maximum absolute atomic E-state index is 12.1. The molecule has 0 bridgehead atoms. The number of aryl methyl sites for hydroxylation is 2. The van der Waals surface area contributed by atoms with Gasteiger partial charge >= 0.3 is 0 Å². The third-order valence-corrected chi connectivity index (χ3v) is 2.98. The van der Waals surface area contributed by atoms with Gasteiger partial charge in [-0.25, -0.2) is 9.97 Å². The quantitative estimate of drug-likeness (QED) is 0.888. The van der Waals surface area contributed by atoms with Crippen molar-refractivity contribution in [3.63, 3.8) is 0 Å². The Hall–Kier alpha value is -1.96. The number of aromatic nitrogens is 4. The summed E-state index contributed by atoms with van der Waals surface area (Å²) in [6, 6.07) is 0. The first-order valence-corrected chi connectivity index (χ1v) is 6.42. The molecule has 0 aromatic carbocycles. The summed E-state index contributed by atoms with van der Waals surface area (Å²) in [5.74, 6) is -0.00401. The van der Waals surface area contributed by atoms with Crippen LogP contribution in [0.3, 0.4) is 0 Å². The summed E-state index contributed by atoms with van der Waals surface area (Å²) in [6.07, 6.45) is 3.63. The van der Waals surface area contributed by atoms with Crippen molar-refractivity contribution < 1.29 is 4.79 Å². The molecule has 2 aromatic heterocycles. The average Bonchev–Trinajstić information content (AvgIpc) is 2.67. The smallest absolute Gasteiger partial charge is 0.277 e. The summed E-state index contributed by atoms with van der Waals surface area (Å²) < 4.78 is 2.06. The van der Waals surface area contributed by atoms with E-state index >= 15 is 0 Å². The third kappa shape index (κ3) is 2.73. The fourth-order valence-electron chi connectivity index (χ4n) is 1.68. The number of rotatable bonds is 3. The minimum absolute atomic E-state index is 0.321. The molecule has 2 rings (SSSR count). The second-order valence-electron chi connectivity index (χ2n) is 3.86. The van der Waals surface area contributed by atoms with Gasteiger partial charge in [0.25, 0.3) is 5.91 Å². The van der Waals surface area contributed by atoms with E-state index in [2.05, 4.69) is 36.3 Å². The minimum atomic E-state index is -0.358. The Balaban J connectivity index is 2.25. The van der Waals surface area contributed by atoms with Gasteiger partial charge in [-0.05, 0) is 22.4 Å². The van der Waals surface area contributed by atoms with Gasteiger partial charge in [0.05, 0.1) is 23.8 Å². The Morgan fingerprint density at radius 1 is 1.47 bits per heavy atom. The molecule has 2 heterocycles. The molecule has 0 atom stereocenters. The largest absolute Gasteiger partial charge is 0.395 e. The molecule has 0 aliphatic heterocycles. The molecule has 0 spiro atoms. The van der Waals surface area contributed by atoms with Crippen LogP contribution in [0.25, 0.3) is 0 Å². The van der Waals surface area contributed by atoms with Gasteiger partial charge in [-0.2, -0.15) is 5.10 Å². The van der Waals surface area contributed by atoms with E-state index in [1.807, 2.05) is 6.92 Å². The standard InChI is InChI=1S/C11H13BrN6O/c1-3-6-9(13)10(18(2)17-6)11(19)16-8-5-14-7(12)4-15-8/h4-5H,3,13H2,1-2H3,(H,15,16,19). The number of carbonyl (C=O) groups excluding carboxylic acids is 1. The van der Waals surface area contributed by atoms with E-state index in [9.17, 15) is 4.79 Å². The first-order chi connectivity index (χ1) is 9.02. The number of anilines is 2. The molecular formula is C11H13BrN6O. The van der Waals surface area contributed by atoms with E-state index in [-0.39, 0.29) is 5.91 Å². The van der Waals surface area contributed by atoms with Gasteiger partial charge in [-0.15, -0.1) is 0 Å². The molecule has 0 aliphatic carbocycles. The maximum Gasteiger partial charge on any atom is 0.277 e. The van der Waals surface area contributed by atoms with Gasteiger partial charge < -0.3 is 11.1 Å². The fraction of sp³-hybridized carbons (Fsp3) is 0.273. The second-order valence-corrected chi connectivity index (χ2v) is 4.68. The molecule has 0 radical (unpaired) electrons. The van der Waals surface area contributed by atoms with E-state index in [0.29, 0.717) is 33.9 Å². The normalized spacial score (nSPS) is 10.5. The van der Waals surface area contributed by atoms with Crippen LogP contribution in [0.1, 0.15) is 23.1 Å². The number of hydrogen-bond acceptors (Lipinski definition) is 5. The van der Waals surface area contributed by atoms with E-state index in [4.69, 9.17) is 5.73 Å². The molecule has 0 fully saturated rings. The number of nitrogens with one attached hydrogen (secondary N) is 1. The lowest BCUT2D eigenvalue weighted by atomic mass is 10.2. The number of nitrogen functional groups attached to an aromatic ring is 1. The van der Waals surface area contributed by atoms with Gasteiger partial charge in [0.2, 0.25) is 0 Å². The molecule has 3 N–H and O–H groups in total. The van der Waals surface area contributed by atoms with E-state index in [0.717, 1.165) is 0 Å². The van der Waals surface area contributed by atoms with Crippen molar-refractivity contribution in [2.45, 2.75) is 13.3 Å². The van der Waals surface area contributed by atoms with Crippen molar-refractivity contribution in [1.82, 2.24) is 19.7 Å². The van der Waals surface area contributed by atoms with Crippen LogP contribution in [-0.2, 0) is 13.5 Å². The first-order valence-electron chi connectivity index (χ1n) is 5.63. The number of carbonyl (C=O) groups is 1. The Kier molecular flexibility index (Phi) is 3.79.